The molecule has 7 heteroatoms. The molecule has 0 unspecified atom stereocenters. The van der Waals surface area contributed by atoms with Crippen LogP contribution in [-0.4, -0.2) is 56.5 Å². The Morgan fingerprint density at radius 1 is 1.10 bits per heavy atom. The van der Waals surface area contributed by atoms with Crippen molar-refractivity contribution in [3.63, 3.8) is 0 Å². The standard InChI is InChI=1S/C13H26NO.CH4O4S/c1-3-5-9-14(10-6-4-2)11-7-13(15)8-12-14;1-5-6(2,3)4/h3-12H2,1-2H3;1H3,(H,2,3,4)/q+1;/p-1. The van der Waals surface area contributed by atoms with Gasteiger partial charge in [0.05, 0.1) is 46.1 Å². The quantitative estimate of drug-likeness (QED) is 0.406. The fourth-order valence-electron chi connectivity index (χ4n) is 2.51. The number of carbonyl (C=O) groups excluding carboxylic acids is 1. The Balaban J connectivity index is 0.000000567. The van der Waals surface area contributed by atoms with E-state index >= 15 is 0 Å². The van der Waals surface area contributed by atoms with E-state index in [1.165, 1.54) is 43.3 Å². The lowest BCUT2D eigenvalue weighted by Crippen LogP contribution is -2.54. The van der Waals surface area contributed by atoms with E-state index in [1.807, 2.05) is 0 Å². The number of hydrogen-bond donors (Lipinski definition) is 0. The van der Waals surface area contributed by atoms with Crippen LogP contribution in [-0.2, 0) is 19.4 Å². The summed E-state index contributed by atoms with van der Waals surface area (Å²) < 4.78 is 32.3. The first-order valence-electron chi connectivity index (χ1n) is 7.67. The first-order valence-corrected chi connectivity index (χ1v) is 9.00. The van der Waals surface area contributed by atoms with Crippen molar-refractivity contribution >= 4 is 16.2 Å². The maximum Gasteiger partial charge on any atom is 0.217 e. The molecule has 0 bridgehead atoms. The normalized spacial score (nSPS) is 18.0. The van der Waals surface area contributed by atoms with Crippen molar-refractivity contribution in [1.82, 2.24) is 0 Å². The van der Waals surface area contributed by atoms with E-state index in [4.69, 9.17) is 0 Å². The van der Waals surface area contributed by atoms with Crippen molar-refractivity contribution in [2.24, 2.45) is 0 Å². The molecule has 1 rings (SSSR count). The van der Waals surface area contributed by atoms with E-state index in [-0.39, 0.29) is 0 Å². The Morgan fingerprint density at radius 3 is 1.76 bits per heavy atom. The maximum atomic E-state index is 11.3. The zero-order chi connectivity index (χ0) is 16.4. The fourth-order valence-corrected chi connectivity index (χ4v) is 2.51. The zero-order valence-corrected chi connectivity index (χ0v) is 14.3. The second kappa shape index (κ2) is 10.3. The van der Waals surface area contributed by atoms with Gasteiger partial charge in [0.2, 0.25) is 10.4 Å². The minimum absolute atomic E-state index is 0.483. The molecule has 0 N–H and O–H groups in total. The van der Waals surface area contributed by atoms with Crippen LogP contribution >= 0.6 is 0 Å². The van der Waals surface area contributed by atoms with Crippen molar-refractivity contribution in [1.29, 1.82) is 0 Å². The molecular formula is C14H29NO5S. The van der Waals surface area contributed by atoms with E-state index in [0.717, 1.165) is 33.0 Å². The van der Waals surface area contributed by atoms with Crippen LogP contribution in [0.2, 0.25) is 0 Å². The number of carbonyl (C=O) groups is 1. The summed E-state index contributed by atoms with van der Waals surface area (Å²) in [6.45, 7) is 9.32. The second-order valence-electron chi connectivity index (χ2n) is 5.56. The van der Waals surface area contributed by atoms with Gasteiger partial charge in [-0.15, -0.1) is 0 Å². The summed E-state index contributed by atoms with van der Waals surface area (Å²) in [5.74, 6) is 0.483. The fraction of sp³-hybridized carbons (Fsp3) is 0.929. The number of quaternary nitrogens is 1. The first kappa shape index (κ1) is 20.5. The number of unbranched alkanes of at least 4 members (excludes halogenated alkanes) is 2. The molecule has 0 aliphatic carbocycles. The monoisotopic (exact) mass is 323 g/mol. The Morgan fingerprint density at radius 2 is 1.48 bits per heavy atom. The molecule has 1 heterocycles. The highest BCUT2D eigenvalue weighted by Gasteiger charge is 2.31. The highest BCUT2D eigenvalue weighted by molar-refractivity contribution is 7.80. The van der Waals surface area contributed by atoms with E-state index in [9.17, 15) is 17.8 Å². The van der Waals surface area contributed by atoms with Gasteiger partial charge in [0.15, 0.2) is 0 Å². The smallest absolute Gasteiger partial charge is 0.217 e. The molecule has 0 amide bonds. The molecule has 126 valence electrons. The van der Waals surface area contributed by atoms with Gasteiger partial charge in [-0.3, -0.25) is 8.98 Å². The predicted molar refractivity (Wildman–Crippen MR) is 80.5 cm³/mol. The minimum atomic E-state index is -4.41. The molecule has 0 radical (unpaired) electrons. The van der Waals surface area contributed by atoms with Crippen LogP contribution in [0.3, 0.4) is 0 Å². The summed E-state index contributed by atoms with van der Waals surface area (Å²) in [4.78, 5) is 11.3. The summed E-state index contributed by atoms with van der Waals surface area (Å²) in [5.41, 5.74) is 0. The molecular weight excluding hydrogens is 294 g/mol. The van der Waals surface area contributed by atoms with Gasteiger partial charge in [-0.05, 0) is 12.8 Å². The van der Waals surface area contributed by atoms with Gasteiger partial charge in [-0.2, -0.15) is 0 Å². The molecule has 0 saturated carbocycles. The number of likely N-dealkylation sites (tertiary alicyclic amines) is 1. The van der Waals surface area contributed by atoms with Crippen LogP contribution in [0, 0.1) is 0 Å². The van der Waals surface area contributed by atoms with Crippen molar-refractivity contribution in [2.45, 2.75) is 52.4 Å². The lowest BCUT2D eigenvalue weighted by Gasteiger charge is -2.41. The van der Waals surface area contributed by atoms with Crippen LogP contribution in [0.25, 0.3) is 0 Å². The highest BCUT2D eigenvalue weighted by atomic mass is 32.3. The van der Waals surface area contributed by atoms with Gasteiger partial charge in [-0.1, -0.05) is 26.7 Å². The minimum Gasteiger partial charge on any atom is -0.726 e. The third-order valence-corrected chi connectivity index (χ3v) is 4.31. The molecule has 0 aromatic heterocycles. The van der Waals surface area contributed by atoms with Crippen LogP contribution in [0.5, 0.6) is 0 Å². The Hall–Kier alpha value is -0.500. The number of piperidine rings is 1. The molecule has 0 spiro atoms. The van der Waals surface area contributed by atoms with Crippen molar-refractivity contribution in [3.8, 4) is 0 Å². The number of ketones is 1. The first-order chi connectivity index (χ1) is 9.78. The Kier molecular flexibility index (Phi) is 10.0. The third-order valence-electron chi connectivity index (χ3n) is 3.91. The molecule has 0 aromatic rings. The molecule has 0 aromatic carbocycles. The van der Waals surface area contributed by atoms with Crippen LogP contribution in [0.4, 0.5) is 0 Å². The number of nitrogens with zero attached hydrogens (tertiary/aromatic N) is 1. The number of rotatable bonds is 7. The SMILES string of the molecule is CCCC[N+]1(CCCC)CCC(=O)CC1.COS(=O)(=O)[O-]. The molecule has 1 aliphatic rings. The summed E-state index contributed by atoms with van der Waals surface area (Å²) in [6, 6.07) is 0. The number of hydrogen-bond acceptors (Lipinski definition) is 5. The molecule has 1 saturated heterocycles. The van der Waals surface area contributed by atoms with Gasteiger partial charge in [-0.25, -0.2) is 8.42 Å². The summed E-state index contributed by atoms with van der Waals surface area (Å²) in [6.07, 6.45) is 6.84. The van der Waals surface area contributed by atoms with Crippen LogP contribution < -0.4 is 0 Å². The molecule has 6 nitrogen and oxygen atoms in total. The zero-order valence-electron chi connectivity index (χ0n) is 13.5. The highest BCUT2D eigenvalue weighted by Crippen LogP contribution is 2.19. The largest absolute Gasteiger partial charge is 0.726 e. The van der Waals surface area contributed by atoms with E-state index in [0.29, 0.717) is 5.78 Å². The average molecular weight is 323 g/mol. The van der Waals surface area contributed by atoms with Crippen LogP contribution in [0.1, 0.15) is 52.4 Å². The molecule has 1 fully saturated rings. The van der Waals surface area contributed by atoms with Crippen molar-refractivity contribution in [2.75, 3.05) is 33.3 Å². The van der Waals surface area contributed by atoms with Gasteiger partial charge < -0.3 is 9.04 Å². The summed E-state index contributed by atoms with van der Waals surface area (Å²) in [7, 11) is -3.60. The van der Waals surface area contributed by atoms with E-state index < -0.39 is 10.4 Å². The lowest BCUT2D eigenvalue weighted by atomic mass is 10.0. The molecule has 1 aliphatic heterocycles. The van der Waals surface area contributed by atoms with Crippen LogP contribution in [0.15, 0.2) is 0 Å². The third kappa shape index (κ3) is 9.95. The van der Waals surface area contributed by atoms with Gasteiger partial charge >= 0.3 is 0 Å². The Bertz CT molecular complexity index is 374. The molecule has 0 atom stereocenters. The summed E-state index contributed by atoms with van der Waals surface area (Å²) >= 11 is 0. The second-order valence-corrected chi connectivity index (χ2v) is 6.71. The van der Waals surface area contributed by atoms with E-state index in [2.05, 4.69) is 18.0 Å². The van der Waals surface area contributed by atoms with Gasteiger partial charge in [0.25, 0.3) is 0 Å². The maximum absolute atomic E-state index is 11.3. The lowest BCUT2D eigenvalue weighted by molar-refractivity contribution is -0.929. The van der Waals surface area contributed by atoms with E-state index in [1.54, 1.807) is 0 Å². The van der Waals surface area contributed by atoms with Gasteiger partial charge in [0.1, 0.15) is 5.78 Å². The van der Waals surface area contributed by atoms with Crippen molar-refractivity contribution in [3.05, 3.63) is 0 Å². The van der Waals surface area contributed by atoms with Gasteiger partial charge in [0, 0.05) is 0 Å². The predicted octanol–water partition coefficient (Wildman–Crippen LogP) is 1.86. The summed E-state index contributed by atoms with van der Waals surface area (Å²) in [5, 5.41) is 0. The topological polar surface area (TPSA) is 83.5 Å². The molecule has 21 heavy (non-hydrogen) atoms. The average Bonchev–Trinajstić information content (AvgIpc) is 2.46. The Labute approximate surface area is 129 Å². The van der Waals surface area contributed by atoms with Crippen molar-refractivity contribution < 1.29 is 26.4 Å². The number of Topliss-reactive ketones (excluding diaryl/α,β-unsaturated/α-hetero) is 1.